The van der Waals surface area contributed by atoms with E-state index in [-0.39, 0.29) is 17.2 Å². The van der Waals surface area contributed by atoms with Crippen LogP contribution < -0.4 is 0 Å². The summed E-state index contributed by atoms with van der Waals surface area (Å²) in [6, 6.07) is 14.7. The van der Waals surface area contributed by atoms with Crippen molar-refractivity contribution in [3.8, 4) is 0 Å². The van der Waals surface area contributed by atoms with Crippen LogP contribution in [0.25, 0.3) is 0 Å². The molecule has 6 heteroatoms. The number of non-ortho nitro benzene ring substituents is 1. The lowest BCUT2D eigenvalue weighted by molar-refractivity contribution is -0.384. The molecule has 0 radical (unpaired) electrons. The van der Waals surface area contributed by atoms with Crippen molar-refractivity contribution in [3.05, 3.63) is 70.3 Å². The fourth-order valence-corrected chi connectivity index (χ4v) is 2.54. The van der Waals surface area contributed by atoms with Gasteiger partial charge in [-0.25, -0.2) is 0 Å². The van der Waals surface area contributed by atoms with Gasteiger partial charge in [-0.1, -0.05) is 42.1 Å². The Hall–Kier alpha value is -2.18. The highest BCUT2D eigenvalue weighted by atomic mass is 32.2. The highest BCUT2D eigenvalue weighted by Gasteiger charge is 2.14. The normalized spacial score (nSPS) is 11.9. The van der Waals surface area contributed by atoms with E-state index in [4.69, 9.17) is 0 Å². The first-order valence-electron chi connectivity index (χ1n) is 6.24. The van der Waals surface area contributed by atoms with Crippen molar-refractivity contribution in [2.75, 3.05) is 0 Å². The molecule has 0 amide bonds. The van der Waals surface area contributed by atoms with Gasteiger partial charge in [-0.05, 0) is 17.7 Å². The maximum atomic E-state index is 11.9. The predicted octanol–water partition coefficient (Wildman–Crippen LogP) is 3.34. The van der Waals surface area contributed by atoms with E-state index in [9.17, 15) is 20.0 Å². The number of carbonyl (C=O) groups is 1. The number of rotatable bonds is 5. The molecule has 1 unspecified atom stereocenters. The molecule has 0 heterocycles. The molecular formula is C15H13NO4S. The predicted molar refractivity (Wildman–Crippen MR) is 80.0 cm³/mol. The number of thioether (sulfide) groups is 1. The van der Waals surface area contributed by atoms with E-state index in [0.29, 0.717) is 10.5 Å². The van der Waals surface area contributed by atoms with Gasteiger partial charge in [0.1, 0.15) is 0 Å². The van der Waals surface area contributed by atoms with Gasteiger partial charge in [-0.3, -0.25) is 14.9 Å². The minimum absolute atomic E-state index is 0.00827. The monoisotopic (exact) mass is 303 g/mol. The number of carbonyl (C=O) groups excluding carboxylic acids is 1. The Morgan fingerprint density at radius 2 is 1.76 bits per heavy atom. The molecule has 0 saturated heterocycles. The second-order valence-electron chi connectivity index (χ2n) is 4.36. The van der Waals surface area contributed by atoms with Gasteiger partial charge in [0.05, 0.1) is 11.0 Å². The Bertz CT molecular complexity index is 628. The van der Waals surface area contributed by atoms with Gasteiger partial charge in [0.15, 0.2) is 5.12 Å². The highest BCUT2D eigenvalue weighted by Crippen LogP contribution is 2.26. The van der Waals surface area contributed by atoms with Gasteiger partial charge in [-0.2, -0.15) is 0 Å². The molecule has 0 aliphatic carbocycles. The van der Waals surface area contributed by atoms with Gasteiger partial charge in [0.2, 0.25) is 0 Å². The first-order chi connectivity index (χ1) is 10.1. The number of nitrogens with zero attached hydrogens (tertiary/aromatic N) is 1. The fourth-order valence-electron chi connectivity index (χ4n) is 1.76. The highest BCUT2D eigenvalue weighted by molar-refractivity contribution is 8.13. The van der Waals surface area contributed by atoms with Crippen molar-refractivity contribution >= 4 is 22.6 Å². The fraction of sp³-hybridized carbons (Fsp3) is 0.133. The molecule has 0 aliphatic rings. The first-order valence-corrected chi connectivity index (χ1v) is 7.06. The Kier molecular flexibility index (Phi) is 5.08. The lowest BCUT2D eigenvalue weighted by atomic mass is 10.1. The number of benzene rings is 2. The van der Waals surface area contributed by atoms with Crippen molar-refractivity contribution in [1.82, 2.24) is 0 Å². The van der Waals surface area contributed by atoms with Crippen molar-refractivity contribution in [2.45, 2.75) is 17.4 Å². The molecule has 21 heavy (non-hydrogen) atoms. The summed E-state index contributed by atoms with van der Waals surface area (Å²) in [7, 11) is 0. The Labute approximate surface area is 125 Å². The van der Waals surface area contributed by atoms with E-state index < -0.39 is 11.0 Å². The second kappa shape index (κ2) is 7.01. The molecule has 5 nitrogen and oxygen atoms in total. The number of nitro groups is 1. The molecule has 0 fully saturated rings. The second-order valence-corrected chi connectivity index (χ2v) is 5.49. The number of aliphatic hydroxyl groups is 1. The van der Waals surface area contributed by atoms with Crippen LogP contribution in [0.1, 0.15) is 18.1 Å². The Morgan fingerprint density at radius 3 is 2.33 bits per heavy atom. The average Bonchev–Trinajstić information content (AvgIpc) is 2.48. The van der Waals surface area contributed by atoms with E-state index in [0.717, 1.165) is 11.8 Å². The summed E-state index contributed by atoms with van der Waals surface area (Å²) in [6.07, 6.45) is -0.852. The smallest absolute Gasteiger partial charge is 0.269 e. The molecule has 0 saturated carbocycles. The summed E-state index contributed by atoms with van der Waals surface area (Å²) in [5.41, 5.74) is 0.672. The zero-order valence-electron chi connectivity index (χ0n) is 11.0. The standard InChI is InChI=1S/C15H13NO4S/c17-14(11-4-2-1-3-5-11)10-15(18)21-13-8-6-12(7-9-13)16(19)20/h1-9,14,17H,10H2. The minimum Gasteiger partial charge on any atom is -0.388 e. The van der Waals surface area contributed by atoms with Crippen LogP contribution in [-0.4, -0.2) is 15.1 Å². The molecule has 0 aromatic heterocycles. The molecule has 2 aromatic rings. The molecule has 1 atom stereocenters. The van der Waals surface area contributed by atoms with Crippen LogP contribution in [0.4, 0.5) is 5.69 Å². The number of hydrogen-bond acceptors (Lipinski definition) is 5. The third-order valence-electron chi connectivity index (χ3n) is 2.82. The van der Waals surface area contributed by atoms with E-state index in [1.165, 1.54) is 24.3 Å². The summed E-state index contributed by atoms with van der Waals surface area (Å²) in [6.45, 7) is 0. The van der Waals surface area contributed by atoms with Crippen LogP contribution in [0.3, 0.4) is 0 Å². The summed E-state index contributed by atoms with van der Waals surface area (Å²) in [5.74, 6) is 0. The third-order valence-corrected chi connectivity index (χ3v) is 3.73. The van der Waals surface area contributed by atoms with Gasteiger partial charge in [-0.15, -0.1) is 0 Å². The number of aliphatic hydroxyl groups excluding tert-OH is 1. The molecule has 0 bridgehead atoms. The molecule has 0 aliphatic heterocycles. The lowest BCUT2D eigenvalue weighted by Crippen LogP contribution is -2.03. The van der Waals surface area contributed by atoms with E-state index in [1.807, 2.05) is 6.07 Å². The summed E-state index contributed by atoms with van der Waals surface area (Å²) in [4.78, 5) is 22.5. The lowest BCUT2D eigenvalue weighted by Gasteiger charge is -2.09. The number of nitro benzene ring substituents is 1. The van der Waals surface area contributed by atoms with Crippen LogP contribution in [0.15, 0.2) is 59.5 Å². The van der Waals surface area contributed by atoms with Gasteiger partial charge in [0.25, 0.3) is 5.69 Å². The van der Waals surface area contributed by atoms with Crippen LogP contribution >= 0.6 is 11.8 Å². The summed E-state index contributed by atoms with van der Waals surface area (Å²) >= 11 is 0.965. The zero-order valence-corrected chi connectivity index (χ0v) is 11.8. The largest absolute Gasteiger partial charge is 0.388 e. The molecule has 1 N–H and O–H groups in total. The minimum atomic E-state index is -0.843. The maximum absolute atomic E-state index is 11.9. The van der Waals surface area contributed by atoms with Crippen molar-refractivity contribution in [1.29, 1.82) is 0 Å². The third kappa shape index (κ3) is 4.40. The quantitative estimate of drug-likeness (QED) is 0.520. The van der Waals surface area contributed by atoms with Gasteiger partial charge >= 0.3 is 0 Å². The van der Waals surface area contributed by atoms with Crippen LogP contribution in [0, 0.1) is 10.1 Å². The molecule has 0 spiro atoms. The van der Waals surface area contributed by atoms with Crippen molar-refractivity contribution in [2.24, 2.45) is 0 Å². The molecule has 2 rings (SSSR count). The van der Waals surface area contributed by atoms with Gasteiger partial charge < -0.3 is 5.11 Å². The topological polar surface area (TPSA) is 80.4 Å². The van der Waals surface area contributed by atoms with Crippen LogP contribution in [0.2, 0.25) is 0 Å². The molecule has 108 valence electrons. The van der Waals surface area contributed by atoms with E-state index >= 15 is 0 Å². The SMILES string of the molecule is O=C(CC(O)c1ccccc1)Sc1ccc([N+](=O)[O-])cc1. The van der Waals surface area contributed by atoms with Crippen LogP contribution in [0.5, 0.6) is 0 Å². The molecular weight excluding hydrogens is 290 g/mol. The van der Waals surface area contributed by atoms with Gasteiger partial charge in [0, 0.05) is 23.4 Å². The maximum Gasteiger partial charge on any atom is 0.269 e. The summed E-state index contributed by atoms with van der Waals surface area (Å²) < 4.78 is 0. The Balaban J connectivity index is 1.94. The molecule has 2 aromatic carbocycles. The Morgan fingerprint density at radius 1 is 1.14 bits per heavy atom. The van der Waals surface area contributed by atoms with Crippen molar-refractivity contribution < 1.29 is 14.8 Å². The average molecular weight is 303 g/mol. The summed E-state index contributed by atoms with van der Waals surface area (Å²) in [5, 5.41) is 20.3. The van der Waals surface area contributed by atoms with Crippen molar-refractivity contribution in [3.63, 3.8) is 0 Å². The van der Waals surface area contributed by atoms with E-state index in [2.05, 4.69) is 0 Å². The number of hydrogen-bond donors (Lipinski definition) is 1. The van der Waals surface area contributed by atoms with E-state index in [1.54, 1.807) is 24.3 Å². The van der Waals surface area contributed by atoms with Crippen LogP contribution in [-0.2, 0) is 4.79 Å². The zero-order chi connectivity index (χ0) is 15.2. The first kappa shape index (κ1) is 15.2.